The molecule has 0 spiro atoms. The van der Waals surface area contributed by atoms with E-state index in [1.165, 1.54) is 5.57 Å². The average molecular weight is 170 g/mol. The highest BCUT2D eigenvalue weighted by molar-refractivity contribution is 5.14. The van der Waals surface area contributed by atoms with Crippen molar-refractivity contribution in [2.24, 2.45) is 11.8 Å². The molecule has 0 aromatic carbocycles. The standard InChI is InChI=1S/C10H18O2/c1-6(2)8-4-7(3)10(12)9(11)5-8/h5-7,9-12H,4H2,1-3H3. The summed E-state index contributed by atoms with van der Waals surface area (Å²) in [5, 5.41) is 18.9. The van der Waals surface area contributed by atoms with E-state index >= 15 is 0 Å². The molecule has 3 atom stereocenters. The largest absolute Gasteiger partial charge is 0.390 e. The molecule has 0 saturated carbocycles. The van der Waals surface area contributed by atoms with Crippen LogP contribution in [0.4, 0.5) is 0 Å². The maximum Gasteiger partial charge on any atom is 0.0985 e. The van der Waals surface area contributed by atoms with Gasteiger partial charge in [-0.25, -0.2) is 0 Å². The van der Waals surface area contributed by atoms with E-state index in [2.05, 4.69) is 13.8 Å². The van der Waals surface area contributed by atoms with Gasteiger partial charge in [-0.05, 0) is 18.3 Å². The van der Waals surface area contributed by atoms with Crippen molar-refractivity contribution in [1.29, 1.82) is 0 Å². The van der Waals surface area contributed by atoms with Crippen LogP contribution in [-0.2, 0) is 0 Å². The molecule has 0 aliphatic heterocycles. The molecule has 1 aliphatic carbocycles. The predicted molar refractivity (Wildman–Crippen MR) is 48.7 cm³/mol. The average Bonchev–Trinajstić information content (AvgIpc) is 1.99. The fourth-order valence-electron chi connectivity index (χ4n) is 1.64. The minimum absolute atomic E-state index is 0.183. The van der Waals surface area contributed by atoms with Gasteiger partial charge in [0.05, 0.1) is 12.2 Å². The van der Waals surface area contributed by atoms with Crippen molar-refractivity contribution >= 4 is 0 Å². The lowest BCUT2D eigenvalue weighted by atomic mass is 9.82. The third kappa shape index (κ3) is 1.87. The molecule has 3 unspecified atom stereocenters. The minimum atomic E-state index is -0.661. The first-order valence-electron chi connectivity index (χ1n) is 4.59. The molecule has 0 saturated heterocycles. The summed E-state index contributed by atoms with van der Waals surface area (Å²) in [6, 6.07) is 0. The summed E-state index contributed by atoms with van der Waals surface area (Å²) in [6.45, 7) is 6.20. The van der Waals surface area contributed by atoms with Gasteiger partial charge >= 0.3 is 0 Å². The van der Waals surface area contributed by atoms with Crippen LogP contribution in [0, 0.1) is 11.8 Å². The first-order valence-corrected chi connectivity index (χ1v) is 4.59. The minimum Gasteiger partial charge on any atom is -0.390 e. The third-order valence-electron chi connectivity index (χ3n) is 2.62. The second-order valence-corrected chi connectivity index (χ2v) is 4.06. The van der Waals surface area contributed by atoms with Gasteiger partial charge in [0.15, 0.2) is 0 Å². The summed E-state index contributed by atoms with van der Waals surface area (Å²) in [6.07, 6.45) is 1.48. The molecule has 2 nitrogen and oxygen atoms in total. The summed E-state index contributed by atoms with van der Waals surface area (Å²) in [5.74, 6) is 0.664. The highest BCUT2D eigenvalue weighted by Crippen LogP contribution is 2.28. The molecule has 0 amide bonds. The SMILES string of the molecule is CC(C)C1=CC(O)C(O)C(C)C1. The van der Waals surface area contributed by atoms with Crippen LogP contribution in [0.25, 0.3) is 0 Å². The number of allylic oxidation sites excluding steroid dienone is 1. The topological polar surface area (TPSA) is 40.5 Å². The smallest absolute Gasteiger partial charge is 0.0985 e. The first kappa shape index (κ1) is 9.75. The zero-order chi connectivity index (χ0) is 9.30. The highest BCUT2D eigenvalue weighted by Gasteiger charge is 2.27. The molecule has 0 bridgehead atoms. The summed E-state index contributed by atoms with van der Waals surface area (Å²) in [7, 11) is 0. The zero-order valence-electron chi connectivity index (χ0n) is 7.99. The Labute approximate surface area is 73.9 Å². The van der Waals surface area contributed by atoms with E-state index < -0.39 is 12.2 Å². The normalized spacial score (nSPS) is 36.8. The van der Waals surface area contributed by atoms with E-state index in [4.69, 9.17) is 0 Å². The molecule has 2 N–H and O–H groups in total. The molecule has 0 fully saturated rings. The van der Waals surface area contributed by atoms with E-state index in [-0.39, 0.29) is 5.92 Å². The first-order chi connectivity index (χ1) is 5.52. The van der Waals surface area contributed by atoms with Crippen LogP contribution in [-0.4, -0.2) is 22.4 Å². The van der Waals surface area contributed by atoms with Gasteiger partial charge in [-0.3, -0.25) is 0 Å². The van der Waals surface area contributed by atoms with E-state index in [1.807, 2.05) is 6.92 Å². The van der Waals surface area contributed by atoms with Crippen molar-refractivity contribution in [3.8, 4) is 0 Å². The molecule has 0 radical (unpaired) electrons. The lowest BCUT2D eigenvalue weighted by Crippen LogP contribution is -2.35. The van der Waals surface area contributed by atoms with Crippen molar-refractivity contribution < 1.29 is 10.2 Å². The molecule has 1 aliphatic rings. The third-order valence-corrected chi connectivity index (χ3v) is 2.62. The van der Waals surface area contributed by atoms with Gasteiger partial charge in [-0.2, -0.15) is 0 Å². The summed E-state index contributed by atoms with van der Waals surface area (Å²) in [4.78, 5) is 0. The molecule has 2 heteroatoms. The molecular weight excluding hydrogens is 152 g/mol. The number of aliphatic hydroxyl groups is 2. The lowest BCUT2D eigenvalue weighted by Gasteiger charge is -2.30. The Hall–Kier alpha value is -0.340. The molecule has 0 heterocycles. The fourth-order valence-corrected chi connectivity index (χ4v) is 1.64. The Bertz CT molecular complexity index is 184. The molecule has 1 rings (SSSR count). The number of hydrogen-bond acceptors (Lipinski definition) is 2. The predicted octanol–water partition coefficient (Wildman–Crippen LogP) is 1.33. The maximum absolute atomic E-state index is 9.45. The molecular formula is C10H18O2. The van der Waals surface area contributed by atoms with Crippen LogP contribution in [0.15, 0.2) is 11.6 Å². The van der Waals surface area contributed by atoms with Gasteiger partial charge < -0.3 is 10.2 Å². The van der Waals surface area contributed by atoms with Crippen LogP contribution in [0.1, 0.15) is 27.2 Å². The van der Waals surface area contributed by atoms with E-state index in [0.29, 0.717) is 5.92 Å². The van der Waals surface area contributed by atoms with Crippen molar-refractivity contribution in [3.63, 3.8) is 0 Å². The summed E-state index contributed by atoms with van der Waals surface area (Å²) < 4.78 is 0. The van der Waals surface area contributed by atoms with E-state index in [9.17, 15) is 10.2 Å². The van der Waals surface area contributed by atoms with Crippen molar-refractivity contribution in [2.45, 2.75) is 39.4 Å². The second kappa shape index (κ2) is 3.58. The second-order valence-electron chi connectivity index (χ2n) is 4.06. The monoisotopic (exact) mass is 170 g/mol. The number of hydrogen-bond donors (Lipinski definition) is 2. The number of rotatable bonds is 1. The molecule has 70 valence electrons. The Kier molecular flexibility index (Phi) is 2.91. The zero-order valence-corrected chi connectivity index (χ0v) is 7.99. The molecule has 0 aromatic heterocycles. The highest BCUT2D eigenvalue weighted by atomic mass is 16.3. The lowest BCUT2D eigenvalue weighted by molar-refractivity contribution is 0.00457. The van der Waals surface area contributed by atoms with Gasteiger partial charge in [0.2, 0.25) is 0 Å². The Morgan fingerprint density at radius 1 is 1.42 bits per heavy atom. The Morgan fingerprint density at radius 2 is 2.00 bits per heavy atom. The van der Waals surface area contributed by atoms with E-state index in [1.54, 1.807) is 6.08 Å². The van der Waals surface area contributed by atoms with E-state index in [0.717, 1.165) is 6.42 Å². The number of aliphatic hydroxyl groups excluding tert-OH is 2. The Balaban J connectivity index is 2.74. The van der Waals surface area contributed by atoms with Gasteiger partial charge in [0, 0.05) is 0 Å². The Morgan fingerprint density at radius 3 is 2.42 bits per heavy atom. The van der Waals surface area contributed by atoms with Gasteiger partial charge in [-0.15, -0.1) is 0 Å². The van der Waals surface area contributed by atoms with Gasteiger partial charge in [0.25, 0.3) is 0 Å². The quantitative estimate of drug-likeness (QED) is 0.583. The molecule has 0 aromatic rings. The van der Waals surface area contributed by atoms with Crippen molar-refractivity contribution in [2.75, 3.05) is 0 Å². The van der Waals surface area contributed by atoms with Crippen LogP contribution in [0.2, 0.25) is 0 Å². The van der Waals surface area contributed by atoms with Crippen LogP contribution >= 0.6 is 0 Å². The van der Waals surface area contributed by atoms with Gasteiger partial charge in [0.1, 0.15) is 0 Å². The maximum atomic E-state index is 9.45. The summed E-state index contributed by atoms with van der Waals surface area (Å²) in [5.41, 5.74) is 1.26. The van der Waals surface area contributed by atoms with Crippen LogP contribution < -0.4 is 0 Å². The van der Waals surface area contributed by atoms with Crippen LogP contribution in [0.5, 0.6) is 0 Å². The molecule has 12 heavy (non-hydrogen) atoms. The van der Waals surface area contributed by atoms with Crippen LogP contribution in [0.3, 0.4) is 0 Å². The fraction of sp³-hybridized carbons (Fsp3) is 0.800. The van der Waals surface area contributed by atoms with Gasteiger partial charge in [-0.1, -0.05) is 32.4 Å². The van der Waals surface area contributed by atoms with Crippen molar-refractivity contribution in [1.82, 2.24) is 0 Å². The van der Waals surface area contributed by atoms with Crippen molar-refractivity contribution in [3.05, 3.63) is 11.6 Å². The summed E-state index contributed by atoms with van der Waals surface area (Å²) >= 11 is 0.